The zero-order valence-electron chi connectivity index (χ0n) is 14.5. The quantitative estimate of drug-likeness (QED) is 0.684. The van der Waals surface area contributed by atoms with Gasteiger partial charge in [0, 0.05) is 6.04 Å². The third-order valence-electron chi connectivity index (χ3n) is 4.07. The summed E-state index contributed by atoms with van der Waals surface area (Å²) in [6.07, 6.45) is 2.11. The summed E-state index contributed by atoms with van der Waals surface area (Å²) in [5.74, 6) is 1.28. The molecule has 3 aromatic rings. The molecule has 2 heterocycles. The first-order valence-electron chi connectivity index (χ1n) is 8.45. The Labute approximate surface area is 151 Å². The number of rotatable bonds is 7. The first kappa shape index (κ1) is 17.4. The highest BCUT2D eigenvalue weighted by Crippen LogP contribution is 2.26. The van der Waals surface area contributed by atoms with Crippen LogP contribution in [0.3, 0.4) is 0 Å². The number of oxazole rings is 1. The molecule has 1 N–H and O–H groups in total. The van der Waals surface area contributed by atoms with E-state index in [-0.39, 0.29) is 18.4 Å². The second kappa shape index (κ2) is 8.12. The summed E-state index contributed by atoms with van der Waals surface area (Å²) in [6, 6.07) is 14.4. The highest BCUT2D eigenvalue weighted by molar-refractivity contribution is 7.13. The van der Waals surface area contributed by atoms with Crippen molar-refractivity contribution in [3.63, 3.8) is 0 Å². The smallest absolute Gasteiger partial charge is 0.236 e. The Morgan fingerprint density at radius 3 is 2.76 bits per heavy atom. The van der Waals surface area contributed by atoms with Crippen LogP contribution in [0, 0.1) is 6.92 Å². The highest BCUT2D eigenvalue weighted by Gasteiger charge is 2.16. The number of thiophene rings is 1. The van der Waals surface area contributed by atoms with Gasteiger partial charge in [-0.3, -0.25) is 4.79 Å². The standard InChI is InChI=1S/C20H22N2O2S/c1-14(10-11-16-7-4-3-5-8-16)21-19(23)13-17-15(2)24-20(22-17)18-9-6-12-25-18/h3-9,12,14H,10-11,13H2,1-2H3,(H,21,23). The molecule has 25 heavy (non-hydrogen) atoms. The lowest BCUT2D eigenvalue weighted by Crippen LogP contribution is -2.34. The van der Waals surface area contributed by atoms with E-state index in [0.29, 0.717) is 17.3 Å². The van der Waals surface area contributed by atoms with Gasteiger partial charge in [0.1, 0.15) is 5.76 Å². The van der Waals surface area contributed by atoms with Crippen molar-refractivity contribution in [1.82, 2.24) is 10.3 Å². The molecule has 0 aliphatic carbocycles. The average molecular weight is 354 g/mol. The van der Waals surface area contributed by atoms with E-state index >= 15 is 0 Å². The summed E-state index contributed by atoms with van der Waals surface area (Å²) in [7, 11) is 0. The maximum atomic E-state index is 12.3. The first-order valence-corrected chi connectivity index (χ1v) is 9.33. The van der Waals surface area contributed by atoms with Gasteiger partial charge in [0.2, 0.25) is 11.8 Å². The predicted octanol–water partition coefficient (Wildman–Crippen LogP) is 4.39. The zero-order valence-corrected chi connectivity index (χ0v) is 15.3. The van der Waals surface area contributed by atoms with Gasteiger partial charge in [0.25, 0.3) is 0 Å². The van der Waals surface area contributed by atoms with Crippen molar-refractivity contribution in [2.45, 2.75) is 39.2 Å². The fraction of sp³-hybridized carbons (Fsp3) is 0.300. The van der Waals surface area contributed by atoms with Gasteiger partial charge in [0.05, 0.1) is 17.0 Å². The van der Waals surface area contributed by atoms with Crippen molar-refractivity contribution in [2.75, 3.05) is 0 Å². The molecule has 0 bridgehead atoms. The number of carbonyl (C=O) groups excluding carboxylic acids is 1. The summed E-state index contributed by atoms with van der Waals surface area (Å²) in [6.45, 7) is 3.89. The van der Waals surface area contributed by atoms with Gasteiger partial charge in [-0.2, -0.15) is 0 Å². The molecule has 0 fully saturated rings. The molecule has 1 unspecified atom stereocenters. The lowest BCUT2D eigenvalue weighted by atomic mass is 10.1. The van der Waals surface area contributed by atoms with Crippen molar-refractivity contribution >= 4 is 17.2 Å². The normalized spacial score (nSPS) is 12.1. The first-order chi connectivity index (χ1) is 12.1. The molecule has 0 aliphatic heterocycles. The molecule has 130 valence electrons. The number of nitrogens with one attached hydrogen (secondary N) is 1. The van der Waals surface area contributed by atoms with Crippen molar-refractivity contribution in [2.24, 2.45) is 0 Å². The van der Waals surface area contributed by atoms with E-state index < -0.39 is 0 Å². The second-order valence-electron chi connectivity index (χ2n) is 6.17. The minimum atomic E-state index is -0.0188. The molecule has 2 aromatic heterocycles. The van der Waals surface area contributed by atoms with E-state index in [9.17, 15) is 4.79 Å². The second-order valence-corrected chi connectivity index (χ2v) is 7.12. The van der Waals surface area contributed by atoms with Crippen LogP contribution in [0.1, 0.15) is 30.4 Å². The summed E-state index contributed by atoms with van der Waals surface area (Å²) >= 11 is 1.58. The fourth-order valence-electron chi connectivity index (χ4n) is 2.68. The van der Waals surface area contributed by atoms with Gasteiger partial charge >= 0.3 is 0 Å². The van der Waals surface area contributed by atoms with E-state index in [4.69, 9.17) is 4.42 Å². The Morgan fingerprint density at radius 2 is 2.04 bits per heavy atom. The minimum Gasteiger partial charge on any atom is -0.440 e. The molecule has 5 heteroatoms. The van der Waals surface area contributed by atoms with Crippen LogP contribution in [-0.2, 0) is 17.6 Å². The molecular formula is C20H22N2O2S. The van der Waals surface area contributed by atoms with E-state index in [1.54, 1.807) is 11.3 Å². The predicted molar refractivity (Wildman–Crippen MR) is 101 cm³/mol. The number of nitrogens with zero attached hydrogens (tertiary/aromatic N) is 1. The molecule has 1 atom stereocenters. The van der Waals surface area contributed by atoms with E-state index in [1.807, 2.05) is 49.6 Å². The van der Waals surface area contributed by atoms with Gasteiger partial charge < -0.3 is 9.73 Å². The zero-order chi connectivity index (χ0) is 17.6. The van der Waals surface area contributed by atoms with Crippen molar-refractivity contribution in [3.05, 3.63) is 64.9 Å². The summed E-state index contributed by atoms with van der Waals surface area (Å²) < 4.78 is 5.69. The van der Waals surface area contributed by atoms with Crippen LogP contribution in [0.25, 0.3) is 10.8 Å². The lowest BCUT2D eigenvalue weighted by Gasteiger charge is -2.13. The van der Waals surface area contributed by atoms with Crippen LogP contribution in [0.2, 0.25) is 0 Å². The van der Waals surface area contributed by atoms with Crippen molar-refractivity contribution < 1.29 is 9.21 Å². The third-order valence-corrected chi connectivity index (χ3v) is 4.93. The highest BCUT2D eigenvalue weighted by atomic mass is 32.1. The van der Waals surface area contributed by atoms with Gasteiger partial charge in [-0.15, -0.1) is 11.3 Å². The number of aryl methyl sites for hydroxylation is 2. The molecule has 0 saturated heterocycles. The molecule has 0 spiro atoms. The summed E-state index contributed by atoms with van der Waals surface area (Å²) in [4.78, 5) is 17.7. The number of benzene rings is 1. The maximum absolute atomic E-state index is 12.3. The van der Waals surface area contributed by atoms with Crippen LogP contribution in [-0.4, -0.2) is 16.9 Å². The molecule has 4 nitrogen and oxygen atoms in total. The number of amides is 1. The fourth-order valence-corrected chi connectivity index (χ4v) is 3.32. The van der Waals surface area contributed by atoms with Crippen LogP contribution in [0.15, 0.2) is 52.3 Å². The number of aromatic nitrogens is 1. The summed E-state index contributed by atoms with van der Waals surface area (Å²) in [5.41, 5.74) is 1.99. The summed E-state index contributed by atoms with van der Waals surface area (Å²) in [5, 5.41) is 5.03. The topological polar surface area (TPSA) is 55.1 Å². The Balaban J connectivity index is 1.52. The molecule has 3 rings (SSSR count). The monoisotopic (exact) mass is 354 g/mol. The molecule has 0 saturated carbocycles. The molecule has 0 radical (unpaired) electrons. The number of carbonyl (C=O) groups is 1. The Hall–Kier alpha value is -2.40. The number of hydrogen-bond acceptors (Lipinski definition) is 4. The molecular weight excluding hydrogens is 332 g/mol. The Morgan fingerprint density at radius 1 is 1.24 bits per heavy atom. The molecule has 1 amide bonds. The van der Waals surface area contributed by atoms with Gasteiger partial charge in [-0.1, -0.05) is 36.4 Å². The van der Waals surface area contributed by atoms with Gasteiger partial charge in [0.15, 0.2) is 0 Å². The lowest BCUT2D eigenvalue weighted by molar-refractivity contribution is -0.121. The molecule has 1 aromatic carbocycles. The Kier molecular flexibility index (Phi) is 5.66. The van der Waals surface area contributed by atoms with Crippen LogP contribution in [0.4, 0.5) is 0 Å². The van der Waals surface area contributed by atoms with E-state index in [0.717, 1.165) is 17.7 Å². The largest absolute Gasteiger partial charge is 0.440 e. The van der Waals surface area contributed by atoms with Gasteiger partial charge in [-0.05, 0) is 43.7 Å². The number of hydrogen-bond donors (Lipinski definition) is 1. The maximum Gasteiger partial charge on any atom is 0.236 e. The Bertz CT molecular complexity index is 810. The van der Waals surface area contributed by atoms with Crippen LogP contribution in [0.5, 0.6) is 0 Å². The van der Waals surface area contributed by atoms with E-state index in [1.165, 1.54) is 5.56 Å². The van der Waals surface area contributed by atoms with Crippen molar-refractivity contribution in [1.29, 1.82) is 0 Å². The average Bonchev–Trinajstić information content (AvgIpc) is 3.24. The van der Waals surface area contributed by atoms with Crippen molar-refractivity contribution in [3.8, 4) is 10.8 Å². The van der Waals surface area contributed by atoms with Crippen LogP contribution >= 0.6 is 11.3 Å². The van der Waals surface area contributed by atoms with E-state index in [2.05, 4.69) is 22.4 Å². The minimum absolute atomic E-state index is 0.0188. The van der Waals surface area contributed by atoms with Gasteiger partial charge in [-0.25, -0.2) is 4.98 Å². The SMILES string of the molecule is Cc1oc(-c2cccs2)nc1CC(=O)NC(C)CCc1ccccc1. The van der Waals surface area contributed by atoms with Crippen LogP contribution < -0.4 is 5.32 Å². The third kappa shape index (κ3) is 4.79. The molecule has 0 aliphatic rings.